The highest BCUT2D eigenvalue weighted by atomic mass is 19.4. The number of ether oxygens (including phenoxy) is 3. The molecule has 43 heavy (non-hydrogen) atoms. The lowest BCUT2D eigenvalue weighted by molar-refractivity contribution is -0.313. The third-order valence-corrected chi connectivity index (χ3v) is 8.66. The Morgan fingerprint density at radius 1 is 0.930 bits per heavy atom. The van der Waals surface area contributed by atoms with Gasteiger partial charge >= 0.3 is 18.2 Å². The van der Waals surface area contributed by atoms with E-state index in [0.29, 0.717) is 18.4 Å². The molecule has 2 amide bonds. The molecule has 2 aliphatic heterocycles. The van der Waals surface area contributed by atoms with Gasteiger partial charge in [-0.1, -0.05) is 81.4 Å². The zero-order valence-corrected chi connectivity index (χ0v) is 24.6. The Hall–Kier alpha value is -3.80. The van der Waals surface area contributed by atoms with Gasteiger partial charge in [-0.25, -0.2) is 9.59 Å². The summed E-state index contributed by atoms with van der Waals surface area (Å²) in [4.78, 5) is 41.8. The molecule has 0 saturated carbocycles. The Morgan fingerprint density at radius 3 is 2.02 bits per heavy atom. The van der Waals surface area contributed by atoms with E-state index < -0.39 is 65.1 Å². The van der Waals surface area contributed by atoms with E-state index in [-0.39, 0.29) is 19.6 Å². The number of hydrogen-bond donors (Lipinski definition) is 0. The van der Waals surface area contributed by atoms with Gasteiger partial charge in [0.15, 0.2) is 5.60 Å². The number of halogens is 3. The van der Waals surface area contributed by atoms with Crippen LogP contribution in [0.3, 0.4) is 0 Å². The highest BCUT2D eigenvalue weighted by molar-refractivity contribution is 5.84. The summed E-state index contributed by atoms with van der Waals surface area (Å²) in [6, 6.07) is 15.2. The molecule has 0 N–H and O–H groups in total. The van der Waals surface area contributed by atoms with Gasteiger partial charge in [0.05, 0.1) is 18.6 Å². The maximum atomic E-state index is 14.8. The van der Waals surface area contributed by atoms with E-state index >= 15 is 0 Å². The van der Waals surface area contributed by atoms with Crippen LogP contribution < -0.4 is 5.11 Å². The molecule has 2 aliphatic rings. The molecule has 0 aliphatic carbocycles. The summed E-state index contributed by atoms with van der Waals surface area (Å²) in [6.45, 7) is 4.33. The molecule has 4 rings (SSSR count). The van der Waals surface area contributed by atoms with Gasteiger partial charge in [0.25, 0.3) is 5.60 Å². The van der Waals surface area contributed by atoms with E-state index in [4.69, 9.17) is 14.2 Å². The number of likely N-dealkylation sites (tertiary alicyclic amines) is 2. The molecule has 0 spiro atoms. The summed E-state index contributed by atoms with van der Waals surface area (Å²) < 4.78 is 60.8. The van der Waals surface area contributed by atoms with Crippen LogP contribution >= 0.6 is 0 Å². The van der Waals surface area contributed by atoms with Gasteiger partial charge in [0, 0.05) is 19.2 Å². The number of alkyl halides is 3. The SMILES string of the molecule is CO[C@@](C(=O)OC1([C@@]2(C(C)(C)C)CCCCN2C(=O)[O-])CN(C(=O)OCc2ccccc2)C1)(c1ccccc1)C(F)(F)F. The molecule has 234 valence electrons. The molecule has 2 saturated heterocycles. The van der Waals surface area contributed by atoms with Crippen LogP contribution in [0, 0.1) is 5.41 Å². The number of methoxy groups -OCH3 is 1. The molecule has 2 heterocycles. The highest BCUT2D eigenvalue weighted by Gasteiger charge is 2.72. The molecule has 2 fully saturated rings. The Labute approximate surface area is 248 Å². The van der Waals surface area contributed by atoms with Crippen molar-refractivity contribution in [1.29, 1.82) is 0 Å². The number of carbonyl (C=O) groups excluding carboxylic acids is 3. The molecular formula is C31H36F3N2O7-. The first-order valence-corrected chi connectivity index (χ1v) is 14.0. The molecule has 2 aromatic carbocycles. The lowest BCUT2D eigenvalue weighted by Crippen LogP contribution is -2.84. The lowest BCUT2D eigenvalue weighted by Gasteiger charge is -2.68. The molecule has 9 nitrogen and oxygen atoms in total. The Kier molecular flexibility index (Phi) is 8.74. The van der Waals surface area contributed by atoms with E-state index in [0.717, 1.165) is 24.1 Å². The highest BCUT2D eigenvalue weighted by Crippen LogP contribution is 2.55. The van der Waals surface area contributed by atoms with Crippen LogP contribution in [0.5, 0.6) is 0 Å². The monoisotopic (exact) mass is 605 g/mol. The van der Waals surface area contributed by atoms with E-state index in [2.05, 4.69) is 0 Å². The maximum Gasteiger partial charge on any atom is 0.432 e. The lowest BCUT2D eigenvalue weighted by atomic mass is 9.56. The normalized spacial score (nSPS) is 21.7. The average molecular weight is 606 g/mol. The smallest absolute Gasteiger partial charge is 0.432 e. The number of nitrogens with zero attached hydrogens (tertiary/aromatic N) is 2. The Balaban J connectivity index is 1.78. The van der Waals surface area contributed by atoms with Crippen molar-refractivity contribution in [3.63, 3.8) is 0 Å². The van der Waals surface area contributed by atoms with Gasteiger partial charge in [-0.2, -0.15) is 13.2 Å². The topological polar surface area (TPSA) is 108 Å². The number of esters is 1. The second-order valence-electron chi connectivity index (χ2n) is 12.0. The van der Waals surface area contributed by atoms with E-state index in [1.807, 2.05) is 0 Å². The van der Waals surface area contributed by atoms with Gasteiger partial charge < -0.3 is 29.0 Å². The molecule has 2 aromatic rings. The number of amides is 2. The summed E-state index contributed by atoms with van der Waals surface area (Å²) in [5, 5.41) is 12.6. The van der Waals surface area contributed by atoms with Gasteiger partial charge in [-0.3, -0.25) is 4.90 Å². The van der Waals surface area contributed by atoms with Gasteiger partial charge in [0.1, 0.15) is 12.7 Å². The second-order valence-corrected chi connectivity index (χ2v) is 12.0. The fourth-order valence-electron chi connectivity index (χ4n) is 6.72. The van der Waals surface area contributed by atoms with Crippen molar-refractivity contribution < 1.29 is 46.9 Å². The first-order valence-electron chi connectivity index (χ1n) is 14.0. The minimum atomic E-state index is -5.26. The van der Waals surface area contributed by atoms with Crippen LogP contribution in [0.4, 0.5) is 22.8 Å². The molecule has 0 unspecified atom stereocenters. The first kappa shape index (κ1) is 32.1. The third kappa shape index (κ3) is 5.41. The number of piperidine rings is 1. The van der Waals surface area contributed by atoms with Crippen LogP contribution in [0.25, 0.3) is 0 Å². The van der Waals surface area contributed by atoms with Crippen LogP contribution in [-0.4, -0.2) is 72.0 Å². The number of hydrogen-bond acceptors (Lipinski definition) is 7. The van der Waals surface area contributed by atoms with Gasteiger partial charge in [-0.05, 0) is 30.2 Å². The molecule has 0 bridgehead atoms. The third-order valence-electron chi connectivity index (χ3n) is 8.66. The number of carboxylic acid groups (broad SMARTS) is 1. The van der Waals surface area contributed by atoms with Crippen LogP contribution in [0.15, 0.2) is 60.7 Å². The van der Waals surface area contributed by atoms with Crippen LogP contribution in [-0.2, 0) is 31.2 Å². The molecule has 2 atom stereocenters. The van der Waals surface area contributed by atoms with E-state index in [1.165, 1.54) is 23.1 Å². The van der Waals surface area contributed by atoms with E-state index in [9.17, 15) is 32.7 Å². The standard InChI is InChI=1S/C31H37F3N2O7/c1-27(2,3)29(17-11-12-18-36(29)25(38)39)28(20-35(21-28)26(40)42-19-22-13-7-5-8-14-22)43-24(37)30(41-4,31(32,33)34)23-15-9-6-10-16-23/h5-10,13-16H,11-12,17-21H2,1-4H3,(H,38,39)/p-1/t29-,30+/m0/s1. The molecule has 0 radical (unpaired) electrons. The average Bonchev–Trinajstić information content (AvgIpc) is 2.93. The summed E-state index contributed by atoms with van der Waals surface area (Å²) in [6.07, 6.45) is -6.45. The Morgan fingerprint density at radius 2 is 1.51 bits per heavy atom. The van der Waals surface area contributed by atoms with Crippen molar-refractivity contribution in [2.24, 2.45) is 5.41 Å². The summed E-state index contributed by atoms with van der Waals surface area (Å²) in [5.74, 6) is -1.77. The minimum absolute atomic E-state index is 0.0186. The van der Waals surface area contributed by atoms with Gasteiger partial charge in [0.2, 0.25) is 0 Å². The quantitative estimate of drug-likeness (QED) is 0.423. The van der Waals surface area contributed by atoms with Crippen molar-refractivity contribution >= 4 is 18.2 Å². The number of benzene rings is 2. The van der Waals surface area contributed by atoms with E-state index in [1.54, 1.807) is 51.1 Å². The predicted octanol–water partition coefficient (Wildman–Crippen LogP) is 4.64. The zero-order valence-electron chi connectivity index (χ0n) is 24.6. The largest absolute Gasteiger partial charge is 0.530 e. The maximum absolute atomic E-state index is 14.8. The van der Waals surface area contributed by atoms with Crippen molar-refractivity contribution in [2.45, 2.75) is 69.6 Å². The predicted molar refractivity (Wildman–Crippen MR) is 146 cm³/mol. The summed E-state index contributed by atoms with van der Waals surface area (Å²) >= 11 is 0. The van der Waals surface area contributed by atoms with Crippen LogP contribution in [0.1, 0.15) is 51.2 Å². The Bertz CT molecular complexity index is 1310. The zero-order chi connectivity index (χ0) is 31.7. The number of carbonyl (C=O) groups is 3. The summed E-state index contributed by atoms with van der Waals surface area (Å²) in [7, 11) is 0.760. The molecule has 0 aromatic heterocycles. The first-order chi connectivity index (χ1) is 20.1. The van der Waals surface area contributed by atoms with Crippen molar-refractivity contribution in [1.82, 2.24) is 9.80 Å². The fraction of sp³-hybridized carbons (Fsp3) is 0.516. The number of rotatable bonds is 7. The van der Waals surface area contributed by atoms with Crippen molar-refractivity contribution in [3.8, 4) is 0 Å². The minimum Gasteiger partial charge on any atom is -0.530 e. The van der Waals surface area contributed by atoms with Gasteiger partial charge in [-0.15, -0.1) is 0 Å². The van der Waals surface area contributed by atoms with Crippen molar-refractivity contribution in [3.05, 3.63) is 71.8 Å². The van der Waals surface area contributed by atoms with Crippen LogP contribution in [0.2, 0.25) is 0 Å². The molecular weight excluding hydrogens is 569 g/mol. The second kappa shape index (κ2) is 11.7. The van der Waals surface area contributed by atoms with Crippen molar-refractivity contribution in [2.75, 3.05) is 26.7 Å². The summed E-state index contributed by atoms with van der Waals surface area (Å²) in [5.41, 5.74) is -7.73. The molecule has 12 heteroatoms. The fourth-order valence-corrected chi connectivity index (χ4v) is 6.72.